The van der Waals surface area contributed by atoms with Gasteiger partial charge in [-0.3, -0.25) is 14.2 Å². The molecule has 0 aliphatic heterocycles. The summed E-state index contributed by atoms with van der Waals surface area (Å²) in [7, 11) is 0. The van der Waals surface area contributed by atoms with Gasteiger partial charge in [-0.1, -0.05) is 17.3 Å². The minimum Gasteiger partial charge on any atom is -0.481 e. The molecule has 8 nitrogen and oxygen atoms in total. The third kappa shape index (κ3) is 5.49. The molecule has 10 heteroatoms. The van der Waals surface area contributed by atoms with Gasteiger partial charge in [0.1, 0.15) is 17.5 Å². The van der Waals surface area contributed by atoms with Crippen LogP contribution in [0.3, 0.4) is 0 Å². The van der Waals surface area contributed by atoms with E-state index < -0.39 is 11.8 Å². The van der Waals surface area contributed by atoms with Crippen LogP contribution >= 0.6 is 0 Å². The number of aryl methyl sites for hydroxylation is 1. The number of unbranched alkanes of at least 4 members (excludes halogenated alkanes) is 1. The van der Waals surface area contributed by atoms with E-state index in [1.165, 1.54) is 41.0 Å². The van der Waals surface area contributed by atoms with Gasteiger partial charge in [-0.05, 0) is 73.0 Å². The number of halogens is 2. The minimum absolute atomic E-state index is 0.00985. The minimum atomic E-state index is -0.893. The Labute approximate surface area is 215 Å². The molecule has 0 aliphatic rings. The van der Waals surface area contributed by atoms with E-state index in [9.17, 15) is 18.4 Å². The predicted molar refractivity (Wildman–Crippen MR) is 135 cm³/mol. The van der Waals surface area contributed by atoms with E-state index in [1.54, 1.807) is 30.3 Å². The quantitative estimate of drug-likeness (QED) is 0.271. The number of aromatic nitrogens is 4. The van der Waals surface area contributed by atoms with Crippen molar-refractivity contribution in [1.29, 1.82) is 0 Å². The van der Waals surface area contributed by atoms with E-state index in [1.807, 2.05) is 0 Å². The monoisotopic (exact) mass is 516 g/mol. The van der Waals surface area contributed by atoms with Crippen LogP contribution in [0, 0.1) is 11.6 Å². The summed E-state index contributed by atoms with van der Waals surface area (Å²) >= 11 is 0. The number of fused-ring (bicyclic) bond motifs is 1. The molecule has 2 aromatic heterocycles. The fourth-order valence-electron chi connectivity index (χ4n) is 4.18. The highest BCUT2D eigenvalue weighted by Crippen LogP contribution is 2.23. The van der Waals surface area contributed by atoms with Crippen molar-refractivity contribution in [3.8, 4) is 17.1 Å². The number of benzene rings is 3. The van der Waals surface area contributed by atoms with E-state index >= 15 is 0 Å². The number of carboxylic acid groups (broad SMARTS) is 1. The lowest BCUT2D eigenvalue weighted by atomic mass is 10.1. The lowest BCUT2D eigenvalue weighted by Gasteiger charge is -2.14. The summed E-state index contributed by atoms with van der Waals surface area (Å²) in [5.41, 5.74) is 1.94. The number of carboxylic acids is 1. The van der Waals surface area contributed by atoms with Crippen LogP contribution in [-0.4, -0.2) is 30.8 Å². The first-order valence-corrected chi connectivity index (χ1v) is 12.0. The summed E-state index contributed by atoms with van der Waals surface area (Å²) in [6.45, 7) is 0. The molecule has 38 heavy (non-hydrogen) atoms. The maximum absolute atomic E-state index is 13.5. The molecule has 0 fully saturated rings. The van der Waals surface area contributed by atoms with Crippen LogP contribution in [0.5, 0.6) is 0 Å². The van der Waals surface area contributed by atoms with Gasteiger partial charge in [-0.2, -0.15) is 4.98 Å². The van der Waals surface area contributed by atoms with Crippen molar-refractivity contribution in [3.63, 3.8) is 0 Å². The van der Waals surface area contributed by atoms with Gasteiger partial charge in [-0.25, -0.2) is 13.8 Å². The Morgan fingerprint density at radius 2 is 1.63 bits per heavy atom. The van der Waals surface area contributed by atoms with Crippen LogP contribution in [0.25, 0.3) is 28.0 Å². The molecule has 0 aliphatic carbocycles. The lowest BCUT2D eigenvalue weighted by molar-refractivity contribution is -0.137. The van der Waals surface area contributed by atoms with Gasteiger partial charge in [0.25, 0.3) is 11.4 Å². The second-order valence-corrected chi connectivity index (χ2v) is 8.80. The molecule has 0 bridgehead atoms. The first kappa shape index (κ1) is 24.9. The third-order valence-electron chi connectivity index (χ3n) is 6.06. The van der Waals surface area contributed by atoms with Crippen molar-refractivity contribution < 1.29 is 23.2 Å². The molecule has 3 aromatic carbocycles. The van der Waals surface area contributed by atoms with Crippen molar-refractivity contribution in [2.24, 2.45) is 0 Å². The smallest absolute Gasteiger partial charge is 0.303 e. The maximum Gasteiger partial charge on any atom is 0.303 e. The average molecular weight is 517 g/mol. The van der Waals surface area contributed by atoms with Crippen LogP contribution in [0.15, 0.2) is 76.0 Å². The summed E-state index contributed by atoms with van der Waals surface area (Å²) in [5.74, 6) is -0.552. The summed E-state index contributed by atoms with van der Waals surface area (Å²) in [6.07, 6.45) is 1.64. The second-order valence-electron chi connectivity index (χ2n) is 8.80. The molecule has 0 unspecified atom stereocenters. The van der Waals surface area contributed by atoms with E-state index in [-0.39, 0.29) is 23.7 Å². The van der Waals surface area contributed by atoms with E-state index in [4.69, 9.17) is 14.6 Å². The highest BCUT2D eigenvalue weighted by Gasteiger charge is 2.16. The predicted octanol–water partition coefficient (Wildman–Crippen LogP) is 5.10. The molecule has 0 saturated carbocycles. The Morgan fingerprint density at radius 3 is 2.34 bits per heavy atom. The Morgan fingerprint density at radius 1 is 0.921 bits per heavy atom. The van der Waals surface area contributed by atoms with E-state index in [0.717, 1.165) is 5.56 Å². The molecular formula is C28H22F2N4O4. The van der Waals surface area contributed by atoms with Crippen molar-refractivity contribution in [2.45, 2.75) is 32.1 Å². The first-order valence-electron chi connectivity index (χ1n) is 12.0. The zero-order valence-electron chi connectivity index (χ0n) is 20.1. The van der Waals surface area contributed by atoms with Gasteiger partial charge in [-0.15, -0.1) is 0 Å². The molecule has 0 saturated heterocycles. The molecule has 0 atom stereocenters. The topological polar surface area (TPSA) is 111 Å². The number of carbonyl (C=O) groups is 1. The van der Waals surface area contributed by atoms with Gasteiger partial charge >= 0.3 is 5.97 Å². The Balaban J connectivity index is 1.50. The number of rotatable bonds is 9. The van der Waals surface area contributed by atoms with Gasteiger partial charge in [0.2, 0.25) is 0 Å². The van der Waals surface area contributed by atoms with Crippen molar-refractivity contribution in [1.82, 2.24) is 19.7 Å². The highest BCUT2D eigenvalue weighted by atomic mass is 19.1. The summed E-state index contributed by atoms with van der Waals surface area (Å²) in [4.78, 5) is 33.6. The zero-order valence-corrected chi connectivity index (χ0v) is 20.1. The molecule has 5 rings (SSSR count). The van der Waals surface area contributed by atoms with Gasteiger partial charge in [0.05, 0.1) is 16.6 Å². The van der Waals surface area contributed by atoms with Crippen LogP contribution in [0.1, 0.15) is 36.5 Å². The summed E-state index contributed by atoms with van der Waals surface area (Å²) in [6, 6.07) is 16.5. The molecule has 1 N–H and O–H groups in total. The first-order chi connectivity index (χ1) is 18.4. The largest absolute Gasteiger partial charge is 0.481 e. The Hall–Kier alpha value is -4.73. The number of nitrogens with zero attached hydrogens (tertiary/aromatic N) is 4. The molecular weight excluding hydrogens is 494 g/mol. The number of hydrogen-bond donors (Lipinski definition) is 1. The lowest BCUT2D eigenvalue weighted by Crippen LogP contribution is -2.24. The van der Waals surface area contributed by atoms with Crippen LogP contribution in [0.4, 0.5) is 8.78 Å². The van der Waals surface area contributed by atoms with Crippen LogP contribution in [-0.2, 0) is 17.6 Å². The Bertz CT molecular complexity index is 1660. The normalized spacial score (nSPS) is 11.2. The number of hydrogen-bond acceptors (Lipinski definition) is 6. The standard InChI is InChI=1S/C28H22F2N4O4/c29-19-8-5-17(6-9-19)15-24-32-27(38-33-24)18-7-14-22-23(16-18)31-25(3-1-2-4-26(35)36)34(28(22)37)21-12-10-20(30)11-13-21/h5-14,16H,1-4,15H2,(H,35,36). The van der Waals surface area contributed by atoms with E-state index in [0.29, 0.717) is 59.5 Å². The van der Waals surface area contributed by atoms with E-state index in [2.05, 4.69) is 10.1 Å². The summed E-state index contributed by atoms with van der Waals surface area (Å²) in [5, 5.41) is 13.3. The van der Waals surface area contributed by atoms with Crippen LogP contribution < -0.4 is 5.56 Å². The second kappa shape index (κ2) is 10.7. The summed E-state index contributed by atoms with van der Waals surface area (Å²) < 4.78 is 33.6. The molecule has 0 spiro atoms. The molecule has 192 valence electrons. The molecule has 0 amide bonds. The van der Waals surface area contributed by atoms with Crippen molar-refractivity contribution in [3.05, 3.63) is 106 Å². The fraction of sp³-hybridized carbons (Fsp3) is 0.179. The van der Waals surface area contributed by atoms with Gasteiger partial charge in [0, 0.05) is 24.8 Å². The fourth-order valence-corrected chi connectivity index (χ4v) is 4.18. The molecule has 5 aromatic rings. The van der Waals surface area contributed by atoms with Crippen molar-refractivity contribution in [2.75, 3.05) is 0 Å². The van der Waals surface area contributed by atoms with Gasteiger partial charge in [0.15, 0.2) is 5.82 Å². The zero-order chi connectivity index (χ0) is 26.6. The van der Waals surface area contributed by atoms with Gasteiger partial charge < -0.3 is 9.63 Å². The Kier molecular flexibility index (Phi) is 7.03. The van der Waals surface area contributed by atoms with Crippen LogP contribution in [0.2, 0.25) is 0 Å². The third-order valence-corrected chi connectivity index (χ3v) is 6.06. The number of aliphatic carboxylic acids is 1. The highest BCUT2D eigenvalue weighted by molar-refractivity contribution is 5.82. The SMILES string of the molecule is O=C(O)CCCCc1nc2cc(-c3nc(Cc4ccc(F)cc4)no3)ccc2c(=O)n1-c1ccc(F)cc1. The molecule has 0 radical (unpaired) electrons. The molecule has 2 heterocycles. The van der Waals surface area contributed by atoms with Crippen molar-refractivity contribution >= 4 is 16.9 Å². The average Bonchev–Trinajstić information content (AvgIpc) is 3.37. The maximum atomic E-state index is 13.5.